The van der Waals surface area contributed by atoms with Crippen LogP contribution in [-0.4, -0.2) is 28.8 Å². The summed E-state index contributed by atoms with van der Waals surface area (Å²) in [5.74, 6) is 0.492. The number of hydrogen-bond donors (Lipinski definition) is 2. The van der Waals surface area contributed by atoms with E-state index >= 15 is 0 Å². The third-order valence-electron chi connectivity index (χ3n) is 3.41. The van der Waals surface area contributed by atoms with Crippen molar-refractivity contribution < 1.29 is 9.53 Å². The lowest BCUT2D eigenvalue weighted by atomic mass is 10.1. The van der Waals surface area contributed by atoms with Gasteiger partial charge in [0.05, 0.1) is 30.2 Å². The molecule has 0 saturated carbocycles. The van der Waals surface area contributed by atoms with Crippen LogP contribution in [0.2, 0.25) is 0 Å². The van der Waals surface area contributed by atoms with E-state index in [4.69, 9.17) is 4.74 Å². The van der Waals surface area contributed by atoms with Gasteiger partial charge in [-0.25, -0.2) is 0 Å². The number of nitrogens with zero attached hydrogens (tertiary/aromatic N) is 2. The van der Waals surface area contributed by atoms with Crippen molar-refractivity contribution in [2.45, 2.75) is 39.3 Å². The highest BCUT2D eigenvalue weighted by Crippen LogP contribution is 2.23. The van der Waals surface area contributed by atoms with Gasteiger partial charge in [-0.1, -0.05) is 12.1 Å². The van der Waals surface area contributed by atoms with E-state index in [-0.39, 0.29) is 11.4 Å². The van der Waals surface area contributed by atoms with Crippen LogP contribution in [0.5, 0.6) is 5.75 Å². The molecular weight excluding hydrogens is 292 g/mol. The monoisotopic (exact) mass is 316 g/mol. The van der Waals surface area contributed by atoms with Crippen LogP contribution in [0.15, 0.2) is 36.7 Å². The van der Waals surface area contributed by atoms with Crippen molar-refractivity contribution in [3.05, 3.63) is 36.7 Å². The van der Waals surface area contributed by atoms with Crippen LogP contribution >= 0.6 is 0 Å². The minimum absolute atomic E-state index is 0.0944. The van der Waals surface area contributed by atoms with Gasteiger partial charge in [0, 0.05) is 6.20 Å². The lowest BCUT2D eigenvalue weighted by Gasteiger charge is -2.19. The van der Waals surface area contributed by atoms with Crippen molar-refractivity contribution in [1.29, 1.82) is 0 Å². The first-order chi connectivity index (χ1) is 10.8. The van der Waals surface area contributed by atoms with Crippen molar-refractivity contribution in [2.75, 3.05) is 17.7 Å². The van der Waals surface area contributed by atoms with Crippen molar-refractivity contribution in [1.82, 2.24) is 9.78 Å². The molecule has 2 N–H and O–H groups in total. The van der Waals surface area contributed by atoms with Crippen molar-refractivity contribution in [2.24, 2.45) is 0 Å². The number of para-hydroxylation sites is 2. The number of amides is 1. The summed E-state index contributed by atoms with van der Waals surface area (Å²) in [5.41, 5.74) is 1.37. The Balaban J connectivity index is 2.01. The topological polar surface area (TPSA) is 68.2 Å². The molecular formula is C17H24N4O2. The SMILES string of the molecule is COc1ccccc1NC(=O)C(C)Nc1cnn(C(C)(C)C)c1. The Bertz CT molecular complexity index is 673. The number of carbonyl (C=O) groups is 1. The molecule has 1 unspecified atom stereocenters. The Morgan fingerprint density at radius 3 is 2.61 bits per heavy atom. The Kier molecular flexibility index (Phi) is 4.93. The molecule has 1 aromatic heterocycles. The fourth-order valence-electron chi connectivity index (χ4n) is 2.07. The average Bonchev–Trinajstić information content (AvgIpc) is 2.96. The van der Waals surface area contributed by atoms with Gasteiger partial charge in [0.1, 0.15) is 11.8 Å². The second-order valence-corrected chi connectivity index (χ2v) is 6.40. The van der Waals surface area contributed by atoms with Gasteiger partial charge in [0.25, 0.3) is 0 Å². The van der Waals surface area contributed by atoms with Gasteiger partial charge in [0.15, 0.2) is 0 Å². The molecule has 23 heavy (non-hydrogen) atoms. The zero-order valence-corrected chi connectivity index (χ0v) is 14.3. The van der Waals surface area contributed by atoms with E-state index in [1.807, 2.05) is 23.0 Å². The molecule has 1 amide bonds. The first kappa shape index (κ1) is 16.9. The first-order valence-corrected chi connectivity index (χ1v) is 7.57. The maximum atomic E-state index is 12.3. The molecule has 0 bridgehead atoms. The standard InChI is InChI=1S/C17H24N4O2/c1-12(19-13-10-18-21(11-13)17(2,3)4)16(22)20-14-8-6-7-9-15(14)23-5/h6-12,19H,1-5H3,(H,20,22). The lowest BCUT2D eigenvalue weighted by molar-refractivity contribution is -0.116. The van der Waals surface area contributed by atoms with Gasteiger partial charge >= 0.3 is 0 Å². The lowest BCUT2D eigenvalue weighted by Crippen LogP contribution is -2.32. The van der Waals surface area contributed by atoms with Gasteiger partial charge in [-0.05, 0) is 39.8 Å². The number of aromatic nitrogens is 2. The van der Waals surface area contributed by atoms with Crippen LogP contribution in [-0.2, 0) is 10.3 Å². The molecule has 0 aliphatic carbocycles. The van der Waals surface area contributed by atoms with E-state index in [2.05, 4.69) is 36.5 Å². The molecule has 0 aliphatic heterocycles. The van der Waals surface area contributed by atoms with Crippen LogP contribution in [0.4, 0.5) is 11.4 Å². The number of ether oxygens (including phenoxy) is 1. The normalized spacial score (nSPS) is 12.6. The predicted octanol–water partition coefficient (Wildman–Crippen LogP) is 3.09. The summed E-state index contributed by atoms with van der Waals surface area (Å²) < 4.78 is 7.10. The highest BCUT2D eigenvalue weighted by molar-refractivity contribution is 5.97. The van der Waals surface area contributed by atoms with E-state index < -0.39 is 6.04 Å². The second kappa shape index (κ2) is 6.73. The molecule has 2 rings (SSSR count). The third-order valence-corrected chi connectivity index (χ3v) is 3.41. The van der Waals surface area contributed by atoms with Crippen LogP contribution in [0.25, 0.3) is 0 Å². The molecule has 6 nitrogen and oxygen atoms in total. The molecule has 124 valence electrons. The highest BCUT2D eigenvalue weighted by atomic mass is 16.5. The summed E-state index contributed by atoms with van der Waals surface area (Å²) in [6.45, 7) is 8.02. The fraction of sp³-hybridized carbons (Fsp3) is 0.412. The molecule has 0 saturated heterocycles. The molecule has 1 atom stereocenters. The molecule has 0 radical (unpaired) electrons. The largest absolute Gasteiger partial charge is 0.495 e. The summed E-state index contributed by atoms with van der Waals surface area (Å²) >= 11 is 0. The zero-order valence-electron chi connectivity index (χ0n) is 14.3. The Morgan fingerprint density at radius 1 is 1.30 bits per heavy atom. The summed E-state index contributed by atoms with van der Waals surface area (Å²) in [6.07, 6.45) is 3.62. The third kappa shape index (κ3) is 4.25. The minimum atomic E-state index is -0.405. The number of benzene rings is 1. The van der Waals surface area contributed by atoms with E-state index in [0.29, 0.717) is 11.4 Å². The first-order valence-electron chi connectivity index (χ1n) is 7.57. The fourth-order valence-corrected chi connectivity index (χ4v) is 2.07. The molecule has 0 fully saturated rings. The zero-order chi connectivity index (χ0) is 17.0. The number of carbonyl (C=O) groups excluding carboxylic acids is 1. The number of anilines is 2. The summed E-state index contributed by atoms with van der Waals surface area (Å²) in [4.78, 5) is 12.3. The molecule has 2 aromatic rings. The van der Waals surface area contributed by atoms with E-state index in [0.717, 1.165) is 5.69 Å². The van der Waals surface area contributed by atoms with E-state index in [1.165, 1.54) is 0 Å². The van der Waals surface area contributed by atoms with E-state index in [9.17, 15) is 4.79 Å². The molecule has 1 heterocycles. The summed E-state index contributed by atoms with van der Waals surface area (Å²) in [5, 5.41) is 10.3. The van der Waals surface area contributed by atoms with Crippen LogP contribution in [0, 0.1) is 0 Å². The maximum Gasteiger partial charge on any atom is 0.246 e. The molecule has 0 spiro atoms. The Labute approximate surface area is 136 Å². The van der Waals surface area contributed by atoms with Gasteiger partial charge in [-0.15, -0.1) is 0 Å². The number of methoxy groups -OCH3 is 1. The van der Waals surface area contributed by atoms with Crippen molar-refractivity contribution in [3.8, 4) is 5.75 Å². The smallest absolute Gasteiger partial charge is 0.246 e. The quantitative estimate of drug-likeness (QED) is 0.889. The summed E-state index contributed by atoms with van der Waals surface area (Å²) in [6, 6.07) is 6.92. The van der Waals surface area contributed by atoms with Crippen LogP contribution in [0.3, 0.4) is 0 Å². The Hall–Kier alpha value is -2.50. The minimum Gasteiger partial charge on any atom is -0.495 e. The number of rotatable bonds is 5. The maximum absolute atomic E-state index is 12.3. The summed E-state index contributed by atoms with van der Waals surface area (Å²) in [7, 11) is 1.58. The molecule has 0 aliphatic rings. The number of nitrogens with one attached hydrogen (secondary N) is 2. The van der Waals surface area contributed by atoms with Gasteiger partial charge < -0.3 is 15.4 Å². The molecule has 1 aromatic carbocycles. The van der Waals surface area contributed by atoms with Crippen LogP contribution in [0.1, 0.15) is 27.7 Å². The average molecular weight is 316 g/mol. The van der Waals surface area contributed by atoms with Gasteiger partial charge in [0.2, 0.25) is 5.91 Å². The van der Waals surface area contributed by atoms with Gasteiger partial charge in [-0.2, -0.15) is 5.10 Å². The van der Waals surface area contributed by atoms with Crippen molar-refractivity contribution in [3.63, 3.8) is 0 Å². The van der Waals surface area contributed by atoms with Gasteiger partial charge in [-0.3, -0.25) is 9.48 Å². The van der Waals surface area contributed by atoms with Crippen LogP contribution < -0.4 is 15.4 Å². The predicted molar refractivity (Wildman–Crippen MR) is 91.9 cm³/mol. The second-order valence-electron chi connectivity index (χ2n) is 6.40. The highest BCUT2D eigenvalue weighted by Gasteiger charge is 2.18. The number of hydrogen-bond acceptors (Lipinski definition) is 4. The van der Waals surface area contributed by atoms with Crippen molar-refractivity contribution >= 4 is 17.3 Å². The van der Waals surface area contributed by atoms with E-state index in [1.54, 1.807) is 32.4 Å². The Morgan fingerprint density at radius 2 is 2.00 bits per heavy atom. The molecule has 6 heteroatoms.